The molecular formula is C23H36N4O3. The van der Waals surface area contributed by atoms with Gasteiger partial charge in [0.05, 0.1) is 17.4 Å². The van der Waals surface area contributed by atoms with E-state index in [0.717, 1.165) is 50.3 Å². The van der Waals surface area contributed by atoms with Gasteiger partial charge in [0.2, 0.25) is 0 Å². The van der Waals surface area contributed by atoms with Crippen molar-refractivity contribution in [1.82, 2.24) is 9.80 Å². The summed E-state index contributed by atoms with van der Waals surface area (Å²) in [5.74, 6) is 0.0304. The fourth-order valence-corrected chi connectivity index (χ4v) is 4.19. The van der Waals surface area contributed by atoms with E-state index in [2.05, 4.69) is 16.8 Å². The molecule has 2 aliphatic heterocycles. The standard InChI is InChI=1S/C23H36N4O3/c1-23(2,3)30-22(29)27-11-6-5-9-18(27)20(28)16-17-8-7-10-19(21(17)24)26-14-12-25(4)13-15-26/h7-8,10,18H,5-6,9,11-16,24H2,1-4H3. The van der Waals surface area contributed by atoms with Crippen LogP contribution < -0.4 is 10.6 Å². The summed E-state index contributed by atoms with van der Waals surface area (Å²) in [6.07, 6.45) is 2.34. The predicted molar refractivity (Wildman–Crippen MR) is 120 cm³/mol. The molecule has 30 heavy (non-hydrogen) atoms. The average Bonchev–Trinajstić information content (AvgIpc) is 2.69. The Morgan fingerprint density at radius 2 is 1.80 bits per heavy atom. The van der Waals surface area contributed by atoms with E-state index < -0.39 is 17.7 Å². The molecule has 1 atom stereocenters. The lowest BCUT2D eigenvalue weighted by atomic mass is 9.94. The number of anilines is 2. The van der Waals surface area contributed by atoms with Gasteiger partial charge in [0.1, 0.15) is 5.60 Å². The first-order valence-electron chi connectivity index (χ1n) is 11.0. The third-order valence-corrected chi connectivity index (χ3v) is 5.88. The number of nitrogens with zero attached hydrogens (tertiary/aromatic N) is 3. The highest BCUT2D eigenvalue weighted by Crippen LogP contribution is 2.29. The van der Waals surface area contributed by atoms with Crippen LogP contribution in [0.3, 0.4) is 0 Å². The van der Waals surface area contributed by atoms with Crippen molar-refractivity contribution in [1.29, 1.82) is 0 Å². The maximum atomic E-state index is 13.2. The monoisotopic (exact) mass is 416 g/mol. The van der Waals surface area contributed by atoms with Crippen molar-refractivity contribution >= 4 is 23.3 Å². The van der Waals surface area contributed by atoms with Crippen molar-refractivity contribution in [2.45, 2.75) is 58.1 Å². The number of nitrogens with two attached hydrogens (primary N) is 1. The molecule has 1 amide bonds. The van der Waals surface area contributed by atoms with Gasteiger partial charge in [0, 0.05) is 39.1 Å². The number of carbonyl (C=O) groups is 2. The zero-order chi connectivity index (χ0) is 21.9. The van der Waals surface area contributed by atoms with Crippen molar-refractivity contribution in [3.8, 4) is 0 Å². The summed E-state index contributed by atoms with van der Waals surface area (Å²) in [5, 5.41) is 0. The van der Waals surface area contributed by atoms with Gasteiger partial charge >= 0.3 is 6.09 Å². The van der Waals surface area contributed by atoms with Crippen molar-refractivity contribution < 1.29 is 14.3 Å². The molecule has 1 unspecified atom stereocenters. The summed E-state index contributed by atoms with van der Waals surface area (Å²) < 4.78 is 5.54. The SMILES string of the molecule is CN1CCN(c2cccc(CC(=O)C3CCCCN3C(=O)OC(C)(C)C)c2N)CC1. The summed E-state index contributed by atoms with van der Waals surface area (Å²) in [6.45, 7) is 9.93. The molecule has 0 spiro atoms. The minimum Gasteiger partial charge on any atom is -0.444 e. The van der Waals surface area contributed by atoms with Gasteiger partial charge in [-0.3, -0.25) is 9.69 Å². The molecule has 2 N–H and O–H groups in total. The summed E-state index contributed by atoms with van der Waals surface area (Å²) in [5.41, 5.74) is 8.43. The second-order valence-corrected chi connectivity index (χ2v) is 9.47. The highest BCUT2D eigenvalue weighted by atomic mass is 16.6. The second-order valence-electron chi connectivity index (χ2n) is 9.47. The van der Waals surface area contributed by atoms with E-state index in [9.17, 15) is 9.59 Å². The van der Waals surface area contributed by atoms with E-state index in [0.29, 0.717) is 18.7 Å². The largest absolute Gasteiger partial charge is 0.444 e. The number of hydrogen-bond donors (Lipinski definition) is 1. The molecule has 1 aromatic rings. The van der Waals surface area contributed by atoms with Crippen LogP contribution in [0.4, 0.5) is 16.2 Å². The quantitative estimate of drug-likeness (QED) is 0.761. The number of Topliss-reactive ketones (excluding diaryl/α,β-unsaturated/α-hetero) is 1. The number of benzene rings is 1. The van der Waals surface area contributed by atoms with E-state index in [1.807, 2.05) is 39.0 Å². The molecule has 7 nitrogen and oxygen atoms in total. The van der Waals surface area contributed by atoms with Gasteiger partial charge in [-0.05, 0) is 58.7 Å². The number of carbonyl (C=O) groups excluding carboxylic acids is 2. The fraction of sp³-hybridized carbons (Fsp3) is 0.652. The summed E-state index contributed by atoms with van der Waals surface area (Å²) in [6, 6.07) is 5.48. The molecule has 0 aromatic heterocycles. The molecule has 0 saturated carbocycles. The Hall–Kier alpha value is -2.28. The Bertz CT molecular complexity index is 766. The molecule has 0 aliphatic carbocycles. The van der Waals surface area contributed by atoms with Gasteiger partial charge in [0.15, 0.2) is 5.78 Å². The van der Waals surface area contributed by atoms with Crippen LogP contribution in [-0.2, 0) is 16.0 Å². The van der Waals surface area contributed by atoms with Crippen molar-refractivity contribution in [2.24, 2.45) is 0 Å². The van der Waals surface area contributed by atoms with Gasteiger partial charge in [-0.2, -0.15) is 0 Å². The lowest BCUT2D eigenvalue weighted by molar-refractivity contribution is -0.124. The molecule has 166 valence electrons. The highest BCUT2D eigenvalue weighted by molar-refractivity contribution is 5.91. The smallest absolute Gasteiger partial charge is 0.410 e. The third-order valence-electron chi connectivity index (χ3n) is 5.88. The molecule has 3 rings (SSSR count). The van der Waals surface area contributed by atoms with E-state index in [-0.39, 0.29) is 12.2 Å². The Labute approximate surface area is 180 Å². The van der Waals surface area contributed by atoms with Crippen molar-refractivity contribution in [3.63, 3.8) is 0 Å². The number of ketones is 1. The number of amides is 1. The predicted octanol–water partition coefficient (Wildman–Crippen LogP) is 2.92. The first kappa shape index (κ1) is 22.4. The van der Waals surface area contributed by atoms with Crippen LogP contribution in [0.25, 0.3) is 0 Å². The topological polar surface area (TPSA) is 79.1 Å². The molecule has 2 aliphatic rings. The Balaban J connectivity index is 1.72. The minimum atomic E-state index is -0.580. The highest BCUT2D eigenvalue weighted by Gasteiger charge is 2.34. The minimum absolute atomic E-state index is 0.0304. The third kappa shape index (κ3) is 5.45. The van der Waals surface area contributed by atoms with Crippen LogP contribution in [0, 0.1) is 0 Å². The molecule has 0 radical (unpaired) electrons. The van der Waals surface area contributed by atoms with Crippen molar-refractivity contribution in [3.05, 3.63) is 23.8 Å². The maximum Gasteiger partial charge on any atom is 0.410 e. The molecular weight excluding hydrogens is 380 g/mol. The molecule has 0 bridgehead atoms. The van der Waals surface area contributed by atoms with Crippen LogP contribution in [0.5, 0.6) is 0 Å². The molecule has 2 heterocycles. The van der Waals surface area contributed by atoms with Crippen LogP contribution in [0.2, 0.25) is 0 Å². The summed E-state index contributed by atoms with van der Waals surface area (Å²) >= 11 is 0. The lowest BCUT2D eigenvalue weighted by Crippen LogP contribution is -2.50. The molecule has 1 aromatic carbocycles. The molecule has 7 heteroatoms. The van der Waals surface area contributed by atoms with Gasteiger partial charge in [0.25, 0.3) is 0 Å². The van der Waals surface area contributed by atoms with Gasteiger partial charge in [-0.25, -0.2) is 4.79 Å². The molecule has 2 fully saturated rings. The first-order valence-corrected chi connectivity index (χ1v) is 11.0. The normalized spacial score (nSPS) is 20.9. The van der Waals surface area contributed by atoms with Crippen LogP contribution in [0.1, 0.15) is 45.6 Å². The Morgan fingerprint density at radius 1 is 1.10 bits per heavy atom. The maximum absolute atomic E-state index is 13.2. The van der Waals surface area contributed by atoms with Gasteiger partial charge < -0.3 is 20.3 Å². The number of nitrogen functional groups attached to an aromatic ring is 1. The van der Waals surface area contributed by atoms with Crippen molar-refractivity contribution in [2.75, 3.05) is 50.4 Å². The zero-order valence-corrected chi connectivity index (χ0v) is 18.8. The zero-order valence-electron chi connectivity index (χ0n) is 18.8. The first-order chi connectivity index (χ1) is 14.2. The Kier molecular flexibility index (Phi) is 6.91. The number of ether oxygens (including phenoxy) is 1. The number of likely N-dealkylation sites (tertiary alicyclic amines) is 1. The van der Waals surface area contributed by atoms with Crippen LogP contribution in [0.15, 0.2) is 18.2 Å². The van der Waals surface area contributed by atoms with E-state index in [1.54, 1.807) is 4.90 Å². The Morgan fingerprint density at radius 3 is 2.47 bits per heavy atom. The summed E-state index contributed by atoms with van der Waals surface area (Å²) in [4.78, 5) is 32.1. The number of piperazine rings is 1. The average molecular weight is 417 g/mol. The van der Waals surface area contributed by atoms with Gasteiger partial charge in [-0.15, -0.1) is 0 Å². The summed E-state index contributed by atoms with van der Waals surface area (Å²) in [7, 11) is 2.12. The van der Waals surface area contributed by atoms with E-state index in [1.165, 1.54) is 0 Å². The number of para-hydroxylation sites is 1. The molecule has 2 saturated heterocycles. The van der Waals surface area contributed by atoms with Gasteiger partial charge in [-0.1, -0.05) is 12.1 Å². The fourth-order valence-electron chi connectivity index (χ4n) is 4.19. The van der Waals surface area contributed by atoms with Crippen LogP contribution >= 0.6 is 0 Å². The lowest BCUT2D eigenvalue weighted by Gasteiger charge is -2.36. The van der Waals surface area contributed by atoms with E-state index in [4.69, 9.17) is 10.5 Å². The number of piperidine rings is 1. The van der Waals surface area contributed by atoms with Crippen LogP contribution in [-0.4, -0.2) is 73.1 Å². The number of likely N-dealkylation sites (N-methyl/N-ethyl adjacent to an activating group) is 1. The number of hydrogen-bond acceptors (Lipinski definition) is 6. The van der Waals surface area contributed by atoms with E-state index >= 15 is 0 Å². The second kappa shape index (κ2) is 9.25. The number of rotatable bonds is 4.